The van der Waals surface area contributed by atoms with Crippen molar-refractivity contribution in [1.82, 2.24) is 5.32 Å². The molecule has 0 amide bonds. The first-order valence-corrected chi connectivity index (χ1v) is 5.02. The van der Waals surface area contributed by atoms with Crippen molar-refractivity contribution in [2.24, 2.45) is 0 Å². The van der Waals surface area contributed by atoms with Crippen molar-refractivity contribution in [3.05, 3.63) is 33.8 Å². The first-order valence-electron chi connectivity index (χ1n) is 4.23. The van der Waals surface area contributed by atoms with E-state index in [2.05, 4.69) is 21.2 Å². The highest BCUT2D eigenvalue weighted by Crippen LogP contribution is 2.21. The Morgan fingerprint density at radius 2 is 2.23 bits per heavy atom. The molecule has 0 spiro atoms. The molecule has 2 N–H and O–H groups in total. The Bertz CT molecular complexity index is 284. The van der Waals surface area contributed by atoms with Crippen LogP contribution in [0.4, 0.5) is 0 Å². The van der Waals surface area contributed by atoms with Gasteiger partial charge in [0.15, 0.2) is 0 Å². The van der Waals surface area contributed by atoms with Gasteiger partial charge in [0.25, 0.3) is 0 Å². The van der Waals surface area contributed by atoms with Crippen molar-refractivity contribution >= 4 is 15.9 Å². The number of likely N-dealkylation sites (N-methyl/N-ethyl adjacent to an activating group) is 1. The molecule has 0 radical (unpaired) electrons. The lowest BCUT2D eigenvalue weighted by Crippen LogP contribution is -2.19. The second-order valence-electron chi connectivity index (χ2n) is 3.03. The van der Waals surface area contributed by atoms with E-state index in [-0.39, 0.29) is 12.6 Å². The Morgan fingerprint density at radius 1 is 1.54 bits per heavy atom. The molecule has 2 nitrogen and oxygen atoms in total. The van der Waals surface area contributed by atoms with Crippen molar-refractivity contribution in [3.8, 4) is 0 Å². The zero-order valence-corrected chi connectivity index (χ0v) is 9.43. The first kappa shape index (κ1) is 10.7. The van der Waals surface area contributed by atoms with E-state index in [4.69, 9.17) is 5.11 Å². The lowest BCUT2D eigenvalue weighted by Gasteiger charge is -2.14. The van der Waals surface area contributed by atoms with Gasteiger partial charge in [-0.25, -0.2) is 0 Å². The third kappa shape index (κ3) is 2.53. The monoisotopic (exact) mass is 243 g/mol. The van der Waals surface area contributed by atoms with Gasteiger partial charge in [-0.15, -0.1) is 0 Å². The molecule has 0 saturated carbocycles. The Hall–Kier alpha value is -0.380. The van der Waals surface area contributed by atoms with Gasteiger partial charge in [0.1, 0.15) is 0 Å². The number of aliphatic hydroxyl groups is 1. The number of aryl methyl sites for hydroxylation is 1. The zero-order valence-electron chi connectivity index (χ0n) is 7.84. The van der Waals surface area contributed by atoms with Gasteiger partial charge >= 0.3 is 0 Å². The molecule has 13 heavy (non-hydrogen) atoms. The highest BCUT2D eigenvalue weighted by atomic mass is 79.9. The Morgan fingerprint density at radius 3 is 2.69 bits per heavy atom. The number of halogens is 1. The highest BCUT2D eigenvalue weighted by molar-refractivity contribution is 9.10. The molecule has 0 saturated heterocycles. The third-order valence-electron chi connectivity index (χ3n) is 2.13. The van der Waals surface area contributed by atoms with Crippen molar-refractivity contribution in [3.63, 3.8) is 0 Å². The molecule has 0 fully saturated rings. The summed E-state index contributed by atoms with van der Waals surface area (Å²) in [6, 6.07) is 6.13. The summed E-state index contributed by atoms with van der Waals surface area (Å²) in [6.07, 6.45) is 0. The van der Waals surface area contributed by atoms with Crippen LogP contribution in [0.3, 0.4) is 0 Å². The van der Waals surface area contributed by atoms with E-state index in [0.717, 1.165) is 10.0 Å². The van der Waals surface area contributed by atoms with E-state index in [9.17, 15) is 0 Å². The maximum atomic E-state index is 9.06. The van der Waals surface area contributed by atoms with Crippen LogP contribution in [0.2, 0.25) is 0 Å². The van der Waals surface area contributed by atoms with Crippen LogP contribution in [-0.4, -0.2) is 18.8 Å². The van der Waals surface area contributed by atoms with E-state index >= 15 is 0 Å². The van der Waals surface area contributed by atoms with E-state index in [1.165, 1.54) is 5.56 Å². The van der Waals surface area contributed by atoms with E-state index in [1.807, 2.05) is 32.2 Å². The number of nitrogens with one attached hydrogen (secondary N) is 1. The zero-order chi connectivity index (χ0) is 9.84. The summed E-state index contributed by atoms with van der Waals surface area (Å²) in [7, 11) is 1.84. The molecule has 0 aliphatic rings. The van der Waals surface area contributed by atoms with Crippen LogP contribution in [0.25, 0.3) is 0 Å². The molecular formula is C10H14BrNO. The fourth-order valence-electron chi connectivity index (χ4n) is 1.19. The molecule has 0 aliphatic heterocycles. The van der Waals surface area contributed by atoms with E-state index in [0.29, 0.717) is 0 Å². The average Bonchev–Trinajstić information content (AvgIpc) is 2.13. The first-order chi connectivity index (χ1) is 6.19. The summed E-state index contributed by atoms with van der Waals surface area (Å²) >= 11 is 3.46. The SMILES string of the molecule is CNC(CO)c1ccc(C)c(Br)c1. The molecule has 0 aromatic heterocycles. The van der Waals surface area contributed by atoms with Crippen molar-refractivity contribution in [2.75, 3.05) is 13.7 Å². The number of aliphatic hydroxyl groups excluding tert-OH is 1. The minimum Gasteiger partial charge on any atom is -0.394 e. The van der Waals surface area contributed by atoms with Gasteiger partial charge in [-0.2, -0.15) is 0 Å². The van der Waals surface area contributed by atoms with Crippen molar-refractivity contribution < 1.29 is 5.11 Å². The number of rotatable bonds is 3. The number of hydrogen-bond donors (Lipinski definition) is 2. The fraction of sp³-hybridized carbons (Fsp3) is 0.400. The molecule has 0 aliphatic carbocycles. The topological polar surface area (TPSA) is 32.3 Å². The third-order valence-corrected chi connectivity index (χ3v) is 2.98. The van der Waals surface area contributed by atoms with Gasteiger partial charge in [-0.3, -0.25) is 0 Å². The van der Waals surface area contributed by atoms with Crippen molar-refractivity contribution in [1.29, 1.82) is 0 Å². The normalized spacial score (nSPS) is 12.9. The Kier molecular flexibility index (Phi) is 3.90. The maximum absolute atomic E-state index is 9.06. The Balaban J connectivity index is 2.95. The largest absolute Gasteiger partial charge is 0.394 e. The Labute approximate surface area is 87.1 Å². The number of hydrogen-bond acceptors (Lipinski definition) is 2. The van der Waals surface area contributed by atoms with E-state index in [1.54, 1.807) is 0 Å². The average molecular weight is 244 g/mol. The molecule has 0 bridgehead atoms. The minimum atomic E-state index is 0.0249. The van der Waals surface area contributed by atoms with Crippen LogP contribution in [0.1, 0.15) is 17.2 Å². The molecular weight excluding hydrogens is 230 g/mol. The summed E-state index contributed by atoms with van der Waals surface area (Å²) in [5.41, 5.74) is 2.30. The highest BCUT2D eigenvalue weighted by Gasteiger charge is 2.07. The summed E-state index contributed by atoms with van der Waals surface area (Å²) < 4.78 is 1.08. The summed E-state index contributed by atoms with van der Waals surface area (Å²) in [5, 5.41) is 12.1. The fourth-order valence-corrected chi connectivity index (χ4v) is 1.59. The standard InChI is InChI=1S/C10H14BrNO/c1-7-3-4-8(5-9(7)11)10(6-13)12-2/h3-5,10,12-13H,6H2,1-2H3. The summed E-state index contributed by atoms with van der Waals surface area (Å²) in [4.78, 5) is 0. The lowest BCUT2D eigenvalue weighted by molar-refractivity contribution is 0.251. The van der Waals surface area contributed by atoms with Crippen LogP contribution >= 0.6 is 15.9 Å². The van der Waals surface area contributed by atoms with Crippen LogP contribution < -0.4 is 5.32 Å². The predicted octanol–water partition coefficient (Wildman–Crippen LogP) is 2.01. The van der Waals surface area contributed by atoms with E-state index < -0.39 is 0 Å². The van der Waals surface area contributed by atoms with Gasteiger partial charge < -0.3 is 10.4 Å². The maximum Gasteiger partial charge on any atom is 0.0626 e. The van der Waals surface area contributed by atoms with Crippen molar-refractivity contribution in [2.45, 2.75) is 13.0 Å². The van der Waals surface area contributed by atoms with Crippen LogP contribution in [0.5, 0.6) is 0 Å². The summed E-state index contributed by atoms with van der Waals surface area (Å²) in [6.45, 7) is 2.16. The molecule has 0 heterocycles. The van der Waals surface area contributed by atoms with Gasteiger partial charge in [0.05, 0.1) is 12.6 Å². The molecule has 1 unspecified atom stereocenters. The van der Waals surface area contributed by atoms with Gasteiger partial charge in [0.2, 0.25) is 0 Å². The minimum absolute atomic E-state index is 0.0249. The second kappa shape index (κ2) is 4.74. The molecule has 3 heteroatoms. The quantitative estimate of drug-likeness (QED) is 0.852. The number of benzene rings is 1. The smallest absolute Gasteiger partial charge is 0.0626 e. The summed E-state index contributed by atoms with van der Waals surface area (Å²) in [5.74, 6) is 0. The van der Waals surface area contributed by atoms with Crippen LogP contribution in [0, 0.1) is 6.92 Å². The molecule has 72 valence electrons. The molecule has 1 aromatic rings. The van der Waals surface area contributed by atoms with Crippen LogP contribution in [0.15, 0.2) is 22.7 Å². The molecule has 1 aromatic carbocycles. The predicted molar refractivity (Wildman–Crippen MR) is 57.8 cm³/mol. The molecule has 1 atom stereocenters. The second-order valence-corrected chi connectivity index (χ2v) is 3.89. The van der Waals surface area contributed by atoms with Crippen LogP contribution in [-0.2, 0) is 0 Å². The van der Waals surface area contributed by atoms with Gasteiger partial charge in [-0.05, 0) is 31.2 Å². The van der Waals surface area contributed by atoms with Gasteiger partial charge in [0, 0.05) is 4.47 Å². The molecule has 1 rings (SSSR count). The lowest BCUT2D eigenvalue weighted by atomic mass is 10.1. The van der Waals surface area contributed by atoms with Gasteiger partial charge in [-0.1, -0.05) is 28.1 Å².